The van der Waals surface area contributed by atoms with Gasteiger partial charge in [-0.3, -0.25) is 4.79 Å². The molecule has 0 bridgehead atoms. The summed E-state index contributed by atoms with van der Waals surface area (Å²) in [6.45, 7) is 6.47. The number of urea groups is 1. The van der Waals surface area contributed by atoms with Gasteiger partial charge in [-0.2, -0.15) is 0 Å². The number of aromatic carboxylic acids is 1. The van der Waals surface area contributed by atoms with Crippen molar-refractivity contribution in [2.24, 2.45) is 5.92 Å². The molecule has 0 saturated carbocycles. The molecule has 3 amide bonds. The Balaban J connectivity index is 1.84. The topological polar surface area (TPSA) is 90.0 Å². The van der Waals surface area contributed by atoms with E-state index in [0.29, 0.717) is 32.7 Å². The van der Waals surface area contributed by atoms with E-state index < -0.39 is 5.97 Å². The van der Waals surface area contributed by atoms with Crippen LogP contribution in [0.15, 0.2) is 24.3 Å². The van der Waals surface area contributed by atoms with Crippen LogP contribution in [0, 0.1) is 5.92 Å². The van der Waals surface area contributed by atoms with Crippen LogP contribution < -0.4 is 5.32 Å². The van der Waals surface area contributed by atoms with Crippen LogP contribution >= 0.6 is 0 Å². The number of benzene rings is 1. The molecular weight excluding hydrogens is 322 g/mol. The van der Waals surface area contributed by atoms with Crippen LogP contribution in [-0.2, 0) is 11.3 Å². The van der Waals surface area contributed by atoms with Crippen molar-refractivity contribution in [3.63, 3.8) is 0 Å². The highest BCUT2D eigenvalue weighted by Gasteiger charge is 2.23. The zero-order chi connectivity index (χ0) is 18.4. The summed E-state index contributed by atoms with van der Waals surface area (Å²) >= 11 is 0. The molecule has 0 aromatic heterocycles. The third kappa shape index (κ3) is 5.20. The molecule has 7 heteroatoms. The molecule has 1 fully saturated rings. The number of rotatable bonds is 4. The van der Waals surface area contributed by atoms with Gasteiger partial charge in [0, 0.05) is 38.6 Å². The van der Waals surface area contributed by atoms with Crippen molar-refractivity contribution >= 4 is 17.9 Å². The SMILES string of the molecule is CC(C)C(=O)N1CCCN(C(=O)NCc2ccc(C(=O)O)cc2)CC1. The van der Waals surface area contributed by atoms with E-state index in [-0.39, 0.29) is 23.4 Å². The smallest absolute Gasteiger partial charge is 0.335 e. The van der Waals surface area contributed by atoms with E-state index in [1.54, 1.807) is 17.0 Å². The molecule has 0 aliphatic carbocycles. The molecule has 1 aliphatic rings. The van der Waals surface area contributed by atoms with Crippen molar-refractivity contribution < 1.29 is 19.5 Å². The minimum Gasteiger partial charge on any atom is -0.478 e. The molecule has 1 aliphatic heterocycles. The molecule has 1 saturated heterocycles. The number of amides is 3. The Bertz CT molecular complexity index is 628. The zero-order valence-corrected chi connectivity index (χ0v) is 14.7. The highest BCUT2D eigenvalue weighted by Crippen LogP contribution is 2.09. The third-order valence-electron chi connectivity index (χ3n) is 4.23. The first-order valence-electron chi connectivity index (χ1n) is 8.52. The monoisotopic (exact) mass is 347 g/mol. The van der Waals surface area contributed by atoms with E-state index in [1.165, 1.54) is 12.1 Å². The van der Waals surface area contributed by atoms with Gasteiger partial charge in [-0.25, -0.2) is 9.59 Å². The molecule has 136 valence electrons. The maximum Gasteiger partial charge on any atom is 0.335 e. The Labute approximate surface area is 147 Å². The molecule has 7 nitrogen and oxygen atoms in total. The summed E-state index contributed by atoms with van der Waals surface area (Å²) in [5, 5.41) is 11.7. The zero-order valence-electron chi connectivity index (χ0n) is 14.7. The van der Waals surface area contributed by atoms with Gasteiger partial charge in [0.25, 0.3) is 0 Å². The van der Waals surface area contributed by atoms with Crippen LogP contribution in [0.5, 0.6) is 0 Å². The lowest BCUT2D eigenvalue weighted by Gasteiger charge is -2.23. The summed E-state index contributed by atoms with van der Waals surface area (Å²) in [6.07, 6.45) is 0.763. The highest BCUT2D eigenvalue weighted by atomic mass is 16.4. The quantitative estimate of drug-likeness (QED) is 0.869. The molecule has 2 rings (SSSR count). The van der Waals surface area contributed by atoms with E-state index in [2.05, 4.69) is 5.32 Å². The van der Waals surface area contributed by atoms with Crippen molar-refractivity contribution in [2.75, 3.05) is 26.2 Å². The summed E-state index contributed by atoms with van der Waals surface area (Å²) in [5.41, 5.74) is 1.06. The van der Waals surface area contributed by atoms with E-state index in [0.717, 1.165) is 12.0 Å². The van der Waals surface area contributed by atoms with Gasteiger partial charge in [-0.1, -0.05) is 26.0 Å². The van der Waals surface area contributed by atoms with Crippen molar-refractivity contribution in [3.05, 3.63) is 35.4 Å². The van der Waals surface area contributed by atoms with Crippen LogP contribution in [0.25, 0.3) is 0 Å². The largest absolute Gasteiger partial charge is 0.478 e. The second-order valence-corrected chi connectivity index (χ2v) is 6.48. The highest BCUT2D eigenvalue weighted by molar-refractivity contribution is 5.87. The molecule has 2 N–H and O–H groups in total. The van der Waals surface area contributed by atoms with E-state index in [9.17, 15) is 14.4 Å². The number of carboxylic acid groups (broad SMARTS) is 1. The maximum absolute atomic E-state index is 12.3. The van der Waals surface area contributed by atoms with Gasteiger partial charge in [-0.15, -0.1) is 0 Å². The first kappa shape index (κ1) is 18.8. The number of carbonyl (C=O) groups is 3. The van der Waals surface area contributed by atoms with Gasteiger partial charge in [0.1, 0.15) is 0 Å². The fourth-order valence-corrected chi connectivity index (χ4v) is 2.76. The van der Waals surface area contributed by atoms with Gasteiger partial charge >= 0.3 is 12.0 Å². The van der Waals surface area contributed by atoms with Gasteiger partial charge in [-0.05, 0) is 24.1 Å². The second-order valence-electron chi connectivity index (χ2n) is 6.48. The van der Waals surface area contributed by atoms with Crippen LogP contribution in [0.4, 0.5) is 4.79 Å². The Kier molecular flexibility index (Phi) is 6.38. The van der Waals surface area contributed by atoms with E-state index in [4.69, 9.17) is 5.11 Å². The first-order valence-corrected chi connectivity index (χ1v) is 8.52. The fourth-order valence-electron chi connectivity index (χ4n) is 2.76. The minimum absolute atomic E-state index is 0.0332. The molecule has 1 aromatic rings. The van der Waals surface area contributed by atoms with Crippen LogP contribution in [-0.4, -0.2) is 59.0 Å². The molecule has 0 spiro atoms. The lowest BCUT2D eigenvalue weighted by atomic mass is 10.1. The van der Waals surface area contributed by atoms with Gasteiger partial charge < -0.3 is 20.2 Å². The third-order valence-corrected chi connectivity index (χ3v) is 4.23. The molecule has 1 heterocycles. The first-order chi connectivity index (χ1) is 11.9. The number of nitrogens with one attached hydrogen (secondary N) is 1. The Morgan fingerprint density at radius 2 is 1.64 bits per heavy atom. The molecular formula is C18H25N3O4. The summed E-state index contributed by atoms with van der Waals surface area (Å²) in [6, 6.07) is 6.25. The molecule has 0 atom stereocenters. The predicted octanol–water partition coefficient (Wildman–Crippen LogP) is 1.78. The van der Waals surface area contributed by atoms with Crippen molar-refractivity contribution in [1.82, 2.24) is 15.1 Å². The van der Waals surface area contributed by atoms with E-state index in [1.807, 2.05) is 18.7 Å². The van der Waals surface area contributed by atoms with Gasteiger partial charge in [0.05, 0.1) is 5.56 Å². The predicted molar refractivity (Wildman–Crippen MR) is 93.2 cm³/mol. The summed E-state index contributed by atoms with van der Waals surface area (Å²) in [4.78, 5) is 38.8. The lowest BCUT2D eigenvalue weighted by Crippen LogP contribution is -2.42. The average Bonchev–Trinajstić information content (AvgIpc) is 2.85. The molecule has 25 heavy (non-hydrogen) atoms. The number of carbonyl (C=O) groups excluding carboxylic acids is 2. The Morgan fingerprint density at radius 3 is 2.24 bits per heavy atom. The Morgan fingerprint density at radius 1 is 1.04 bits per heavy atom. The van der Waals surface area contributed by atoms with E-state index >= 15 is 0 Å². The number of nitrogens with zero attached hydrogens (tertiary/aromatic N) is 2. The fraction of sp³-hybridized carbons (Fsp3) is 0.500. The summed E-state index contributed by atoms with van der Waals surface area (Å²) in [5.74, 6) is -0.879. The molecule has 0 unspecified atom stereocenters. The minimum atomic E-state index is -0.972. The summed E-state index contributed by atoms with van der Waals surface area (Å²) in [7, 11) is 0. The number of hydrogen-bond acceptors (Lipinski definition) is 3. The lowest BCUT2D eigenvalue weighted by molar-refractivity contribution is -0.134. The second kappa shape index (κ2) is 8.50. The van der Waals surface area contributed by atoms with Crippen molar-refractivity contribution in [2.45, 2.75) is 26.8 Å². The molecule has 0 radical (unpaired) electrons. The summed E-state index contributed by atoms with van der Waals surface area (Å²) < 4.78 is 0. The van der Waals surface area contributed by atoms with Gasteiger partial charge in [0.2, 0.25) is 5.91 Å². The van der Waals surface area contributed by atoms with Crippen LogP contribution in [0.1, 0.15) is 36.2 Å². The van der Waals surface area contributed by atoms with Gasteiger partial charge in [0.15, 0.2) is 0 Å². The average molecular weight is 347 g/mol. The van der Waals surface area contributed by atoms with Crippen molar-refractivity contribution in [1.29, 1.82) is 0 Å². The van der Waals surface area contributed by atoms with Crippen LogP contribution in [0.3, 0.4) is 0 Å². The normalized spacial score (nSPS) is 15.0. The van der Waals surface area contributed by atoms with Crippen LogP contribution in [0.2, 0.25) is 0 Å². The number of carboxylic acids is 1. The Hall–Kier alpha value is -2.57. The molecule has 1 aromatic carbocycles. The number of hydrogen-bond donors (Lipinski definition) is 2. The standard InChI is InChI=1S/C18H25N3O4/c1-13(2)16(22)20-8-3-9-21(11-10-20)18(25)19-12-14-4-6-15(7-5-14)17(23)24/h4-7,13H,3,8-12H2,1-2H3,(H,19,25)(H,23,24). The van der Waals surface area contributed by atoms with Crippen molar-refractivity contribution in [3.8, 4) is 0 Å². The maximum atomic E-state index is 12.3.